The number of rotatable bonds is 9. The summed E-state index contributed by atoms with van der Waals surface area (Å²) in [7, 11) is 3.92. The van der Waals surface area contributed by atoms with Crippen LogP contribution >= 0.6 is 0 Å². The summed E-state index contributed by atoms with van der Waals surface area (Å²) in [6.45, 7) is 6.50. The largest absolute Gasteiger partial charge is 0.489 e. The number of hydrogen-bond donors (Lipinski definition) is 2. The topological polar surface area (TPSA) is 122 Å². The standard InChI is InChI=1S/C32H35N9O3/c1-5-40-17-23(37-31(42)7-6-11-39(3)4)18-43-29-16-26-25(15-27(29)40)32(35-19-33-26)38-22-8-9-28(21(2)13-22)44-24-10-12-41-30(14-24)34-20-36-41/h6-10,12-16,19-20,23H,5,11,17-18H2,1-4H3,(H,37,42)(H,33,35,38)/b7-6+. The molecule has 44 heavy (non-hydrogen) atoms. The van der Waals surface area contributed by atoms with E-state index in [1.165, 1.54) is 6.33 Å². The van der Waals surface area contributed by atoms with E-state index >= 15 is 0 Å². The normalized spacial score (nSPS) is 14.9. The number of carbonyl (C=O) groups excluding carboxylic acids is 1. The van der Waals surface area contributed by atoms with Crippen molar-refractivity contribution >= 4 is 39.6 Å². The van der Waals surface area contributed by atoms with Gasteiger partial charge in [-0.3, -0.25) is 4.79 Å². The second-order valence-corrected chi connectivity index (χ2v) is 10.9. The molecule has 5 aromatic rings. The fourth-order valence-corrected chi connectivity index (χ4v) is 5.11. The molecular weight excluding hydrogens is 558 g/mol. The molecule has 1 aliphatic rings. The van der Waals surface area contributed by atoms with Crippen LogP contribution in [0.15, 0.2) is 73.5 Å². The minimum Gasteiger partial charge on any atom is -0.489 e. The van der Waals surface area contributed by atoms with Crippen LogP contribution in [-0.4, -0.2) is 81.8 Å². The van der Waals surface area contributed by atoms with Crippen LogP contribution in [0.3, 0.4) is 0 Å². The molecule has 0 spiro atoms. The van der Waals surface area contributed by atoms with Gasteiger partial charge in [0.25, 0.3) is 0 Å². The third kappa shape index (κ3) is 6.40. The molecule has 6 rings (SSSR count). The van der Waals surface area contributed by atoms with Crippen molar-refractivity contribution in [3.05, 3.63) is 79.0 Å². The summed E-state index contributed by atoms with van der Waals surface area (Å²) in [5, 5.41) is 11.5. The minimum absolute atomic E-state index is 0.131. The predicted octanol–water partition coefficient (Wildman–Crippen LogP) is 4.34. The molecule has 1 unspecified atom stereocenters. The Labute approximate surface area is 255 Å². The zero-order chi connectivity index (χ0) is 30.6. The number of carbonyl (C=O) groups is 1. The highest BCUT2D eigenvalue weighted by Crippen LogP contribution is 2.37. The molecule has 2 aromatic carbocycles. The van der Waals surface area contributed by atoms with Crippen molar-refractivity contribution in [3.63, 3.8) is 0 Å². The number of aromatic nitrogens is 5. The fourth-order valence-electron chi connectivity index (χ4n) is 5.11. The first kappa shape index (κ1) is 28.9. The second-order valence-electron chi connectivity index (χ2n) is 10.9. The number of pyridine rings is 1. The summed E-state index contributed by atoms with van der Waals surface area (Å²) in [6, 6.07) is 13.4. The molecule has 1 amide bonds. The molecule has 226 valence electrons. The Morgan fingerprint density at radius 2 is 2.02 bits per heavy atom. The number of amides is 1. The SMILES string of the molecule is CCN1CC(NC(=O)/C=C/CN(C)C)COc2cc3ncnc(Nc4ccc(Oc5ccn6ncnc6c5)c(C)c4)c3cc21. The van der Waals surface area contributed by atoms with Crippen LogP contribution in [0.2, 0.25) is 0 Å². The number of nitrogens with zero attached hydrogens (tertiary/aromatic N) is 7. The number of likely N-dealkylation sites (N-methyl/N-ethyl adjacent to an activating group) is 2. The van der Waals surface area contributed by atoms with Gasteiger partial charge in [0.05, 0.1) is 17.2 Å². The lowest BCUT2D eigenvalue weighted by Crippen LogP contribution is -2.45. The van der Waals surface area contributed by atoms with Gasteiger partial charge in [-0.25, -0.2) is 19.5 Å². The van der Waals surface area contributed by atoms with E-state index in [4.69, 9.17) is 9.47 Å². The van der Waals surface area contributed by atoms with Crippen molar-refractivity contribution in [3.8, 4) is 17.2 Å². The van der Waals surface area contributed by atoms with E-state index < -0.39 is 0 Å². The van der Waals surface area contributed by atoms with Gasteiger partial charge in [0.15, 0.2) is 5.65 Å². The molecule has 0 fully saturated rings. The van der Waals surface area contributed by atoms with Crippen molar-refractivity contribution in [2.24, 2.45) is 0 Å². The molecule has 0 radical (unpaired) electrons. The molecule has 0 saturated heterocycles. The van der Waals surface area contributed by atoms with Gasteiger partial charge in [-0.1, -0.05) is 6.08 Å². The highest BCUT2D eigenvalue weighted by molar-refractivity contribution is 5.95. The molecular formula is C32H35N9O3. The number of ether oxygens (including phenoxy) is 2. The van der Waals surface area contributed by atoms with Crippen LogP contribution in [-0.2, 0) is 4.79 Å². The minimum atomic E-state index is -0.173. The van der Waals surface area contributed by atoms with E-state index in [9.17, 15) is 4.79 Å². The smallest absolute Gasteiger partial charge is 0.244 e. The van der Waals surface area contributed by atoms with Gasteiger partial charge >= 0.3 is 0 Å². The second kappa shape index (κ2) is 12.6. The van der Waals surface area contributed by atoms with Gasteiger partial charge < -0.3 is 29.9 Å². The number of hydrogen-bond acceptors (Lipinski definition) is 10. The van der Waals surface area contributed by atoms with Gasteiger partial charge in [0.2, 0.25) is 5.91 Å². The van der Waals surface area contributed by atoms with Gasteiger partial charge in [-0.05, 0) is 63.8 Å². The molecule has 12 heteroatoms. The van der Waals surface area contributed by atoms with E-state index in [1.807, 2.05) is 74.6 Å². The monoisotopic (exact) mass is 593 g/mol. The highest BCUT2D eigenvalue weighted by atomic mass is 16.5. The summed E-state index contributed by atoms with van der Waals surface area (Å²) in [6.07, 6.45) is 8.29. The van der Waals surface area contributed by atoms with Gasteiger partial charge in [-0.15, -0.1) is 0 Å². The maximum atomic E-state index is 12.5. The predicted molar refractivity (Wildman–Crippen MR) is 170 cm³/mol. The lowest BCUT2D eigenvalue weighted by atomic mass is 10.1. The van der Waals surface area contributed by atoms with E-state index in [-0.39, 0.29) is 11.9 Å². The van der Waals surface area contributed by atoms with Gasteiger partial charge in [0, 0.05) is 55.1 Å². The summed E-state index contributed by atoms with van der Waals surface area (Å²) in [5.41, 5.74) is 4.23. The number of aryl methyl sites for hydroxylation is 1. The molecule has 1 atom stereocenters. The van der Waals surface area contributed by atoms with Crippen molar-refractivity contribution in [2.75, 3.05) is 50.6 Å². The summed E-state index contributed by atoms with van der Waals surface area (Å²) < 4.78 is 14.0. The molecule has 2 N–H and O–H groups in total. The summed E-state index contributed by atoms with van der Waals surface area (Å²) >= 11 is 0. The summed E-state index contributed by atoms with van der Waals surface area (Å²) in [4.78, 5) is 30.0. The molecule has 0 saturated carbocycles. The Hall–Kier alpha value is -5.23. The summed E-state index contributed by atoms with van der Waals surface area (Å²) in [5.74, 6) is 2.70. The molecule has 1 aliphatic heterocycles. The fraction of sp³-hybridized carbons (Fsp3) is 0.281. The van der Waals surface area contributed by atoms with Gasteiger partial charge in [-0.2, -0.15) is 5.10 Å². The van der Waals surface area contributed by atoms with Crippen LogP contribution in [0.1, 0.15) is 12.5 Å². The maximum Gasteiger partial charge on any atom is 0.244 e. The van der Waals surface area contributed by atoms with Crippen molar-refractivity contribution in [1.82, 2.24) is 34.8 Å². The maximum absolute atomic E-state index is 12.5. The molecule has 12 nitrogen and oxygen atoms in total. The third-order valence-electron chi connectivity index (χ3n) is 7.32. The lowest BCUT2D eigenvalue weighted by Gasteiger charge is -2.25. The van der Waals surface area contributed by atoms with E-state index in [1.54, 1.807) is 16.9 Å². The van der Waals surface area contributed by atoms with E-state index in [2.05, 4.69) is 48.6 Å². The Bertz CT molecular complexity index is 1840. The molecule has 3 aromatic heterocycles. The lowest BCUT2D eigenvalue weighted by molar-refractivity contribution is -0.117. The quantitative estimate of drug-likeness (QED) is 0.239. The number of fused-ring (bicyclic) bond motifs is 3. The Kier molecular flexibility index (Phi) is 8.24. The Balaban J connectivity index is 1.20. The van der Waals surface area contributed by atoms with Crippen LogP contribution in [0.4, 0.5) is 17.2 Å². The van der Waals surface area contributed by atoms with Crippen molar-refractivity contribution < 1.29 is 14.3 Å². The van der Waals surface area contributed by atoms with E-state index in [0.29, 0.717) is 36.9 Å². The van der Waals surface area contributed by atoms with Gasteiger partial charge in [0.1, 0.15) is 42.3 Å². The van der Waals surface area contributed by atoms with Crippen LogP contribution in [0.25, 0.3) is 16.6 Å². The molecule has 0 aliphatic carbocycles. The number of anilines is 3. The molecule has 0 bridgehead atoms. The van der Waals surface area contributed by atoms with Crippen molar-refractivity contribution in [2.45, 2.75) is 19.9 Å². The zero-order valence-corrected chi connectivity index (χ0v) is 25.2. The Morgan fingerprint density at radius 1 is 1.14 bits per heavy atom. The number of nitrogens with one attached hydrogen (secondary N) is 2. The first-order valence-electron chi connectivity index (χ1n) is 14.5. The van der Waals surface area contributed by atoms with Crippen LogP contribution in [0.5, 0.6) is 17.2 Å². The molecule has 4 heterocycles. The highest BCUT2D eigenvalue weighted by Gasteiger charge is 2.24. The average Bonchev–Trinajstić information content (AvgIpc) is 3.40. The number of benzene rings is 2. The van der Waals surface area contributed by atoms with Crippen LogP contribution < -0.4 is 25.0 Å². The Morgan fingerprint density at radius 3 is 2.84 bits per heavy atom. The third-order valence-corrected chi connectivity index (χ3v) is 7.32. The first-order chi connectivity index (χ1) is 21.4. The zero-order valence-electron chi connectivity index (χ0n) is 25.2. The average molecular weight is 594 g/mol. The van der Waals surface area contributed by atoms with E-state index in [0.717, 1.165) is 45.9 Å². The van der Waals surface area contributed by atoms with Crippen LogP contribution in [0, 0.1) is 6.92 Å². The van der Waals surface area contributed by atoms with Crippen molar-refractivity contribution in [1.29, 1.82) is 0 Å². The first-order valence-corrected chi connectivity index (χ1v) is 14.5.